The number of ether oxygens (including phenoxy) is 1. The molecule has 3 rings (SSSR count). The SMILES string of the molecule is COC(=O)c1ccc2nc(NC(=O)CSc3ccc(Cl)cc3)sc2c1. The number of methoxy groups -OCH3 is 1. The van der Waals surface area contributed by atoms with Gasteiger partial charge in [0.05, 0.1) is 28.6 Å². The molecule has 0 atom stereocenters. The highest BCUT2D eigenvalue weighted by Gasteiger charge is 2.11. The number of amides is 1. The fourth-order valence-electron chi connectivity index (χ4n) is 2.06. The fourth-order valence-corrected chi connectivity index (χ4v) is 3.80. The number of thioether (sulfide) groups is 1. The van der Waals surface area contributed by atoms with Gasteiger partial charge in [-0.15, -0.1) is 11.8 Å². The summed E-state index contributed by atoms with van der Waals surface area (Å²) in [5, 5.41) is 3.94. The second-order valence-corrected chi connectivity index (χ2v) is 7.50. The molecule has 128 valence electrons. The van der Waals surface area contributed by atoms with Gasteiger partial charge in [0, 0.05) is 9.92 Å². The summed E-state index contributed by atoms with van der Waals surface area (Å²) in [5.41, 5.74) is 1.17. The molecule has 25 heavy (non-hydrogen) atoms. The zero-order valence-corrected chi connectivity index (χ0v) is 15.5. The summed E-state index contributed by atoms with van der Waals surface area (Å²) in [5.74, 6) is -0.280. The number of thiazole rings is 1. The van der Waals surface area contributed by atoms with E-state index in [4.69, 9.17) is 16.3 Å². The molecule has 0 radical (unpaired) electrons. The molecule has 0 spiro atoms. The molecular weight excluding hydrogens is 380 g/mol. The van der Waals surface area contributed by atoms with Crippen LogP contribution in [-0.2, 0) is 9.53 Å². The Morgan fingerprint density at radius 1 is 1.24 bits per heavy atom. The van der Waals surface area contributed by atoms with Crippen molar-refractivity contribution in [2.75, 3.05) is 18.2 Å². The third kappa shape index (κ3) is 4.50. The highest BCUT2D eigenvalue weighted by Crippen LogP contribution is 2.27. The molecule has 0 bridgehead atoms. The molecule has 0 aliphatic rings. The molecule has 8 heteroatoms. The van der Waals surface area contributed by atoms with Crippen LogP contribution in [0.3, 0.4) is 0 Å². The maximum atomic E-state index is 12.1. The van der Waals surface area contributed by atoms with Gasteiger partial charge in [0.2, 0.25) is 5.91 Å². The summed E-state index contributed by atoms with van der Waals surface area (Å²) in [6, 6.07) is 12.4. The van der Waals surface area contributed by atoms with Gasteiger partial charge in [0.25, 0.3) is 0 Å². The van der Waals surface area contributed by atoms with E-state index in [9.17, 15) is 9.59 Å². The Labute approximate surface area is 157 Å². The number of fused-ring (bicyclic) bond motifs is 1. The molecule has 0 saturated carbocycles. The lowest BCUT2D eigenvalue weighted by Crippen LogP contribution is -2.13. The van der Waals surface area contributed by atoms with Crippen molar-refractivity contribution >= 4 is 61.9 Å². The van der Waals surface area contributed by atoms with Crippen LogP contribution < -0.4 is 5.32 Å². The van der Waals surface area contributed by atoms with Crippen LogP contribution in [-0.4, -0.2) is 29.7 Å². The van der Waals surface area contributed by atoms with Crippen molar-refractivity contribution in [2.45, 2.75) is 4.90 Å². The fraction of sp³-hybridized carbons (Fsp3) is 0.118. The summed E-state index contributed by atoms with van der Waals surface area (Å²) in [7, 11) is 1.34. The largest absolute Gasteiger partial charge is 0.465 e. The predicted molar refractivity (Wildman–Crippen MR) is 102 cm³/mol. The maximum absolute atomic E-state index is 12.1. The topological polar surface area (TPSA) is 68.3 Å². The molecule has 1 aromatic heterocycles. The van der Waals surface area contributed by atoms with Crippen molar-refractivity contribution in [1.82, 2.24) is 4.98 Å². The van der Waals surface area contributed by atoms with Crippen LogP contribution in [0, 0.1) is 0 Å². The highest BCUT2D eigenvalue weighted by atomic mass is 35.5. The van der Waals surface area contributed by atoms with E-state index < -0.39 is 5.97 Å². The molecule has 0 fully saturated rings. The Balaban J connectivity index is 1.64. The lowest BCUT2D eigenvalue weighted by Gasteiger charge is -2.02. The number of carbonyl (C=O) groups excluding carboxylic acids is 2. The molecule has 0 aliphatic carbocycles. The number of hydrogen-bond donors (Lipinski definition) is 1. The smallest absolute Gasteiger partial charge is 0.337 e. The quantitative estimate of drug-likeness (QED) is 0.512. The van der Waals surface area contributed by atoms with Crippen LogP contribution in [0.25, 0.3) is 10.2 Å². The second kappa shape index (κ2) is 7.86. The van der Waals surface area contributed by atoms with Gasteiger partial charge in [-0.25, -0.2) is 9.78 Å². The van der Waals surface area contributed by atoms with E-state index in [2.05, 4.69) is 10.3 Å². The van der Waals surface area contributed by atoms with E-state index in [0.717, 1.165) is 15.1 Å². The number of nitrogens with zero attached hydrogens (tertiary/aromatic N) is 1. The van der Waals surface area contributed by atoms with Gasteiger partial charge in [-0.1, -0.05) is 22.9 Å². The predicted octanol–water partition coefficient (Wildman–Crippen LogP) is 4.47. The number of carbonyl (C=O) groups is 2. The summed E-state index contributed by atoms with van der Waals surface area (Å²) in [4.78, 5) is 29.0. The Bertz CT molecular complexity index is 925. The van der Waals surface area contributed by atoms with Crippen molar-refractivity contribution in [3.05, 3.63) is 53.1 Å². The first-order valence-electron chi connectivity index (χ1n) is 7.22. The summed E-state index contributed by atoms with van der Waals surface area (Å²) in [6.45, 7) is 0. The van der Waals surface area contributed by atoms with Gasteiger partial charge in [0.15, 0.2) is 5.13 Å². The van der Waals surface area contributed by atoms with Crippen LogP contribution in [0.15, 0.2) is 47.4 Å². The molecule has 1 heterocycles. The van der Waals surface area contributed by atoms with E-state index in [1.165, 1.54) is 30.2 Å². The maximum Gasteiger partial charge on any atom is 0.337 e. The molecule has 1 amide bonds. The number of anilines is 1. The normalized spacial score (nSPS) is 10.6. The number of nitrogens with one attached hydrogen (secondary N) is 1. The van der Waals surface area contributed by atoms with Gasteiger partial charge in [-0.2, -0.15) is 0 Å². The molecule has 0 saturated heterocycles. The van der Waals surface area contributed by atoms with Gasteiger partial charge in [0.1, 0.15) is 0 Å². The number of esters is 1. The average molecular weight is 393 g/mol. The summed E-state index contributed by atoms with van der Waals surface area (Å²) in [6.07, 6.45) is 0. The minimum atomic E-state index is -0.403. The van der Waals surface area contributed by atoms with E-state index >= 15 is 0 Å². The van der Waals surface area contributed by atoms with Crippen LogP contribution in [0.5, 0.6) is 0 Å². The first-order chi connectivity index (χ1) is 12.0. The molecule has 0 unspecified atom stereocenters. The minimum absolute atomic E-state index is 0.146. The molecular formula is C17H13ClN2O3S2. The monoisotopic (exact) mass is 392 g/mol. The van der Waals surface area contributed by atoms with Crippen molar-refractivity contribution in [2.24, 2.45) is 0 Å². The number of hydrogen-bond acceptors (Lipinski definition) is 6. The lowest BCUT2D eigenvalue weighted by atomic mass is 10.2. The van der Waals surface area contributed by atoms with E-state index in [0.29, 0.717) is 15.7 Å². The molecule has 5 nitrogen and oxygen atoms in total. The summed E-state index contributed by atoms with van der Waals surface area (Å²) >= 11 is 8.57. The van der Waals surface area contributed by atoms with Crippen LogP contribution >= 0.6 is 34.7 Å². The van der Waals surface area contributed by atoms with E-state index in [1.54, 1.807) is 30.3 Å². The van der Waals surface area contributed by atoms with Crippen LogP contribution in [0.4, 0.5) is 5.13 Å². The van der Waals surface area contributed by atoms with E-state index in [-0.39, 0.29) is 11.7 Å². The standard InChI is InChI=1S/C17H13ClN2O3S2/c1-23-16(22)10-2-7-13-14(8-10)25-17(19-13)20-15(21)9-24-12-5-3-11(18)4-6-12/h2-8H,9H2,1H3,(H,19,20,21). The second-order valence-electron chi connectivity index (χ2n) is 4.98. The Morgan fingerprint density at radius 3 is 2.72 bits per heavy atom. The van der Waals surface area contributed by atoms with Gasteiger partial charge >= 0.3 is 5.97 Å². The summed E-state index contributed by atoms with van der Waals surface area (Å²) < 4.78 is 5.51. The van der Waals surface area contributed by atoms with Gasteiger partial charge < -0.3 is 10.1 Å². The third-order valence-electron chi connectivity index (χ3n) is 3.24. The number of aromatic nitrogens is 1. The molecule has 2 aromatic carbocycles. The Morgan fingerprint density at radius 2 is 2.00 bits per heavy atom. The lowest BCUT2D eigenvalue weighted by molar-refractivity contribution is -0.113. The third-order valence-corrected chi connectivity index (χ3v) is 5.44. The van der Waals surface area contributed by atoms with Crippen molar-refractivity contribution in [3.63, 3.8) is 0 Å². The Hall–Kier alpha value is -2.09. The van der Waals surface area contributed by atoms with Crippen molar-refractivity contribution < 1.29 is 14.3 Å². The van der Waals surface area contributed by atoms with Crippen LogP contribution in [0.1, 0.15) is 10.4 Å². The minimum Gasteiger partial charge on any atom is -0.465 e. The van der Waals surface area contributed by atoms with Crippen molar-refractivity contribution in [1.29, 1.82) is 0 Å². The molecule has 3 aromatic rings. The number of benzene rings is 2. The first-order valence-corrected chi connectivity index (χ1v) is 9.40. The van der Waals surface area contributed by atoms with Crippen molar-refractivity contribution in [3.8, 4) is 0 Å². The Kier molecular flexibility index (Phi) is 5.57. The van der Waals surface area contributed by atoms with Gasteiger partial charge in [-0.05, 0) is 42.5 Å². The van der Waals surface area contributed by atoms with Crippen LogP contribution in [0.2, 0.25) is 5.02 Å². The zero-order valence-electron chi connectivity index (χ0n) is 13.1. The van der Waals surface area contributed by atoms with Gasteiger partial charge in [-0.3, -0.25) is 4.79 Å². The number of halogens is 1. The average Bonchev–Trinajstić information content (AvgIpc) is 3.01. The first kappa shape index (κ1) is 17.7. The van der Waals surface area contributed by atoms with E-state index in [1.807, 2.05) is 12.1 Å². The highest BCUT2D eigenvalue weighted by molar-refractivity contribution is 8.00. The zero-order chi connectivity index (χ0) is 17.8. The number of rotatable bonds is 5. The molecule has 0 aliphatic heterocycles. The molecule has 1 N–H and O–H groups in total.